The molecule has 0 saturated heterocycles. The molecule has 0 aliphatic heterocycles. The highest BCUT2D eigenvalue weighted by Gasteiger charge is 2.28. The molecular formula is C16H23F2N5O4S. The number of carbonyl (C=O) groups excluding carboxylic acids is 1. The van der Waals surface area contributed by atoms with Gasteiger partial charge in [0.25, 0.3) is 6.43 Å². The molecule has 0 bridgehead atoms. The number of ether oxygens (including phenoxy) is 1. The highest BCUT2D eigenvalue weighted by molar-refractivity contribution is 7.91. The predicted molar refractivity (Wildman–Crippen MR) is 98.0 cm³/mol. The zero-order chi connectivity index (χ0) is 21.3. The Labute approximate surface area is 161 Å². The summed E-state index contributed by atoms with van der Waals surface area (Å²) in [5.41, 5.74) is -0.463. The van der Waals surface area contributed by atoms with Crippen LogP contribution in [0, 0.1) is 0 Å². The van der Waals surface area contributed by atoms with Crippen molar-refractivity contribution >= 4 is 21.7 Å². The van der Waals surface area contributed by atoms with Gasteiger partial charge in [0.05, 0.1) is 17.5 Å². The zero-order valence-corrected chi connectivity index (χ0v) is 17.0. The van der Waals surface area contributed by atoms with Gasteiger partial charge in [-0.1, -0.05) is 6.92 Å². The maximum Gasteiger partial charge on any atom is 0.413 e. The summed E-state index contributed by atoms with van der Waals surface area (Å²) in [5, 5.41) is 5.97. The van der Waals surface area contributed by atoms with Gasteiger partial charge >= 0.3 is 6.09 Å². The number of sulfone groups is 1. The summed E-state index contributed by atoms with van der Waals surface area (Å²) in [5.74, 6) is -0.270. The van der Waals surface area contributed by atoms with E-state index in [9.17, 15) is 22.0 Å². The fourth-order valence-electron chi connectivity index (χ4n) is 2.44. The van der Waals surface area contributed by atoms with Crippen molar-refractivity contribution in [2.75, 3.05) is 11.1 Å². The molecule has 0 aliphatic rings. The van der Waals surface area contributed by atoms with Crippen molar-refractivity contribution in [3.63, 3.8) is 0 Å². The number of halogens is 2. The molecule has 12 heteroatoms. The van der Waals surface area contributed by atoms with E-state index in [2.05, 4.69) is 15.4 Å². The lowest BCUT2D eigenvalue weighted by Gasteiger charge is -2.19. The molecular weight excluding hydrogens is 396 g/mol. The zero-order valence-electron chi connectivity index (χ0n) is 16.2. The van der Waals surface area contributed by atoms with Crippen LogP contribution in [0.3, 0.4) is 0 Å². The van der Waals surface area contributed by atoms with Gasteiger partial charge in [0, 0.05) is 13.2 Å². The lowest BCUT2D eigenvalue weighted by Crippen LogP contribution is -2.28. The van der Waals surface area contributed by atoms with Crippen molar-refractivity contribution in [1.82, 2.24) is 19.3 Å². The molecule has 28 heavy (non-hydrogen) atoms. The van der Waals surface area contributed by atoms with E-state index in [1.54, 1.807) is 20.8 Å². The van der Waals surface area contributed by atoms with E-state index in [1.807, 2.05) is 0 Å². The Morgan fingerprint density at radius 3 is 2.54 bits per heavy atom. The third-order valence-corrected chi connectivity index (χ3v) is 5.37. The minimum Gasteiger partial charge on any atom is -0.444 e. The Morgan fingerprint density at radius 1 is 1.36 bits per heavy atom. The van der Waals surface area contributed by atoms with Crippen LogP contribution < -0.4 is 5.32 Å². The van der Waals surface area contributed by atoms with Gasteiger partial charge in [-0.2, -0.15) is 5.10 Å². The van der Waals surface area contributed by atoms with Crippen molar-refractivity contribution in [2.45, 2.75) is 51.3 Å². The maximum absolute atomic E-state index is 12.5. The number of carbonyl (C=O) groups is 1. The van der Waals surface area contributed by atoms with Crippen molar-refractivity contribution < 1.29 is 26.7 Å². The Hall–Kier alpha value is -2.50. The fourth-order valence-corrected chi connectivity index (χ4v) is 3.61. The van der Waals surface area contributed by atoms with Gasteiger partial charge in [0.15, 0.2) is 20.7 Å². The third-order valence-electron chi connectivity index (χ3n) is 3.55. The van der Waals surface area contributed by atoms with E-state index in [0.29, 0.717) is 5.56 Å². The summed E-state index contributed by atoms with van der Waals surface area (Å²) >= 11 is 0. The summed E-state index contributed by atoms with van der Waals surface area (Å²) in [6.07, 6.45) is -0.828. The highest BCUT2D eigenvalue weighted by atomic mass is 32.2. The standard InChI is InChI=1S/C16H23F2N5O4S/c1-6-28(25,26)14-12(21-15(24)27-16(2,3)4)20-13(22(14)5)10-7-19-23(8-10)9-11(17)18/h7-8,11H,6,9H2,1-5H3,(H,21,24). The molecule has 1 N–H and O–H groups in total. The van der Waals surface area contributed by atoms with Gasteiger partial charge in [0.2, 0.25) is 0 Å². The lowest BCUT2D eigenvalue weighted by atomic mass is 10.2. The number of aromatic nitrogens is 4. The summed E-state index contributed by atoms with van der Waals surface area (Å²) in [6, 6.07) is 0. The van der Waals surface area contributed by atoms with E-state index in [4.69, 9.17) is 4.74 Å². The first-order chi connectivity index (χ1) is 12.8. The molecule has 0 saturated carbocycles. The second kappa shape index (κ2) is 7.86. The topological polar surface area (TPSA) is 108 Å². The summed E-state index contributed by atoms with van der Waals surface area (Å²) in [7, 11) is -2.31. The second-order valence-corrected chi connectivity index (χ2v) is 9.21. The quantitative estimate of drug-likeness (QED) is 0.771. The summed E-state index contributed by atoms with van der Waals surface area (Å²) < 4.78 is 57.6. The van der Waals surface area contributed by atoms with E-state index in [-0.39, 0.29) is 22.4 Å². The van der Waals surface area contributed by atoms with Crippen molar-refractivity contribution in [3.05, 3.63) is 12.4 Å². The molecule has 0 radical (unpaired) electrons. The number of nitrogens with one attached hydrogen (secondary N) is 1. The van der Waals surface area contributed by atoms with Crippen LogP contribution in [0.1, 0.15) is 27.7 Å². The minimum absolute atomic E-state index is 0.151. The largest absolute Gasteiger partial charge is 0.444 e. The van der Waals surface area contributed by atoms with Gasteiger partial charge in [-0.25, -0.2) is 27.0 Å². The van der Waals surface area contributed by atoms with Crippen molar-refractivity contribution in [3.8, 4) is 11.4 Å². The van der Waals surface area contributed by atoms with Gasteiger partial charge in [-0.15, -0.1) is 0 Å². The van der Waals surface area contributed by atoms with Crippen LogP contribution in [0.4, 0.5) is 19.4 Å². The van der Waals surface area contributed by atoms with Crippen LogP contribution in [0.25, 0.3) is 11.4 Å². The second-order valence-electron chi connectivity index (χ2n) is 7.02. The van der Waals surface area contributed by atoms with E-state index < -0.39 is 34.5 Å². The molecule has 0 aromatic carbocycles. The summed E-state index contributed by atoms with van der Waals surface area (Å²) in [6.45, 7) is 5.85. The maximum atomic E-state index is 12.5. The molecule has 9 nitrogen and oxygen atoms in total. The Balaban J connectivity index is 2.49. The molecule has 2 aromatic rings. The Bertz CT molecular complexity index is 960. The van der Waals surface area contributed by atoms with E-state index in [1.165, 1.54) is 30.9 Å². The van der Waals surface area contributed by atoms with E-state index >= 15 is 0 Å². The Morgan fingerprint density at radius 2 is 2.00 bits per heavy atom. The normalized spacial score (nSPS) is 12.4. The minimum atomic E-state index is -3.77. The van der Waals surface area contributed by atoms with Gasteiger partial charge in [0.1, 0.15) is 18.0 Å². The highest BCUT2D eigenvalue weighted by Crippen LogP contribution is 2.29. The van der Waals surface area contributed by atoms with Gasteiger partial charge < -0.3 is 9.30 Å². The van der Waals surface area contributed by atoms with Gasteiger partial charge in [-0.05, 0) is 20.8 Å². The molecule has 0 atom stereocenters. The van der Waals surface area contributed by atoms with Crippen LogP contribution in [0.5, 0.6) is 0 Å². The van der Waals surface area contributed by atoms with E-state index in [0.717, 1.165) is 4.68 Å². The molecule has 1 amide bonds. The number of alkyl halides is 2. The molecule has 156 valence electrons. The number of nitrogens with zero attached hydrogens (tertiary/aromatic N) is 4. The molecule has 0 fully saturated rings. The van der Waals surface area contributed by atoms with Crippen LogP contribution in [0.15, 0.2) is 17.4 Å². The molecule has 2 heterocycles. The average Bonchev–Trinajstić information content (AvgIpc) is 3.09. The first-order valence-corrected chi connectivity index (χ1v) is 10.1. The third kappa shape index (κ3) is 5.06. The van der Waals surface area contributed by atoms with Crippen LogP contribution in [-0.2, 0) is 28.2 Å². The number of anilines is 1. The van der Waals surface area contributed by atoms with Crippen molar-refractivity contribution in [2.24, 2.45) is 7.05 Å². The number of hydrogen-bond donors (Lipinski definition) is 1. The SMILES string of the molecule is CCS(=O)(=O)c1c(NC(=O)OC(C)(C)C)nc(-c2cnn(CC(F)F)c2)n1C. The van der Waals surface area contributed by atoms with Crippen LogP contribution in [0.2, 0.25) is 0 Å². The first-order valence-electron chi connectivity index (χ1n) is 8.44. The summed E-state index contributed by atoms with van der Waals surface area (Å²) in [4.78, 5) is 16.3. The first kappa shape index (κ1) is 21.8. The smallest absolute Gasteiger partial charge is 0.413 e. The predicted octanol–water partition coefficient (Wildman–Crippen LogP) is 2.69. The lowest BCUT2D eigenvalue weighted by molar-refractivity contribution is 0.0635. The molecule has 2 aromatic heterocycles. The average molecular weight is 419 g/mol. The number of amides is 1. The van der Waals surface area contributed by atoms with Crippen LogP contribution in [-0.4, -0.2) is 51.6 Å². The Kier molecular flexibility index (Phi) is 6.12. The number of imidazole rings is 1. The monoisotopic (exact) mass is 419 g/mol. The van der Waals surface area contributed by atoms with Crippen LogP contribution >= 0.6 is 0 Å². The number of rotatable bonds is 6. The molecule has 2 rings (SSSR count). The fraction of sp³-hybridized carbons (Fsp3) is 0.562. The number of hydrogen-bond acceptors (Lipinski definition) is 6. The molecule has 0 unspecified atom stereocenters. The molecule has 0 spiro atoms. The van der Waals surface area contributed by atoms with Crippen molar-refractivity contribution in [1.29, 1.82) is 0 Å². The van der Waals surface area contributed by atoms with Gasteiger partial charge in [-0.3, -0.25) is 10.00 Å². The molecule has 0 aliphatic carbocycles.